The van der Waals surface area contributed by atoms with Crippen molar-refractivity contribution in [3.63, 3.8) is 0 Å². The Morgan fingerprint density at radius 2 is 1.62 bits per heavy atom. The van der Waals surface area contributed by atoms with E-state index in [4.69, 9.17) is 0 Å². The van der Waals surface area contributed by atoms with Crippen LogP contribution in [0.3, 0.4) is 0 Å². The van der Waals surface area contributed by atoms with Crippen molar-refractivity contribution in [1.29, 1.82) is 0 Å². The molecule has 0 amide bonds. The molecule has 5 rings (SSSR count). The van der Waals surface area contributed by atoms with E-state index < -0.39 is 35.6 Å². The number of benzene rings is 1. The number of nitrogens with zero attached hydrogens (tertiary/aromatic N) is 5. The molecule has 2 aromatic rings. The van der Waals surface area contributed by atoms with Crippen molar-refractivity contribution in [1.82, 2.24) is 24.7 Å². The second-order valence-electron chi connectivity index (χ2n) is 8.44. The van der Waals surface area contributed by atoms with E-state index in [1.807, 2.05) is 0 Å². The van der Waals surface area contributed by atoms with Crippen LogP contribution in [0.5, 0.6) is 0 Å². The summed E-state index contributed by atoms with van der Waals surface area (Å²) in [4.78, 5) is 8.71. The maximum atomic E-state index is 14.1. The van der Waals surface area contributed by atoms with E-state index in [0.29, 0.717) is 23.2 Å². The van der Waals surface area contributed by atoms with Crippen LogP contribution in [0.1, 0.15) is 17.3 Å². The quantitative estimate of drug-likeness (QED) is 0.295. The highest BCUT2D eigenvalue weighted by Gasteiger charge is 2.47. The Kier molecular flexibility index (Phi) is 6.04. The standard InChI is InChI=1S/C25H16F7N5/c26-19-4-2-1-3-17(19)23-33-21-9-10-37(13-22(21)34-23)12-15-6-8-20(36-35-15)16-7-5-14(24(27,28)29)11-18(16)25(30,31)32/h1-11,13,16,18H,12H2. The molecule has 2 unspecified atom stereocenters. The summed E-state index contributed by atoms with van der Waals surface area (Å²) >= 11 is 0. The summed E-state index contributed by atoms with van der Waals surface area (Å²) in [5.41, 5.74) is 0.255. The summed E-state index contributed by atoms with van der Waals surface area (Å²) < 4.78 is 95.2. The monoisotopic (exact) mass is 519 g/mol. The van der Waals surface area contributed by atoms with Crippen LogP contribution >= 0.6 is 0 Å². The van der Waals surface area contributed by atoms with Crippen molar-refractivity contribution in [3.8, 4) is 22.8 Å². The molecule has 3 heterocycles. The molecule has 0 saturated carbocycles. The highest BCUT2D eigenvalue weighted by atomic mass is 19.4. The van der Waals surface area contributed by atoms with Gasteiger partial charge in [0.05, 0.1) is 40.7 Å². The topological polar surface area (TPSA) is 56.5 Å². The average Bonchev–Trinajstić information content (AvgIpc) is 3.26. The zero-order valence-electron chi connectivity index (χ0n) is 18.7. The number of hydrogen-bond acceptors (Lipinski definition) is 4. The van der Waals surface area contributed by atoms with Crippen molar-refractivity contribution < 1.29 is 30.7 Å². The minimum absolute atomic E-state index is 0.100. The number of halogens is 7. The Morgan fingerprint density at radius 1 is 0.865 bits per heavy atom. The first-order chi connectivity index (χ1) is 17.5. The van der Waals surface area contributed by atoms with Crippen molar-refractivity contribution in [2.75, 3.05) is 0 Å². The molecule has 1 aromatic heterocycles. The minimum Gasteiger partial charge on any atom is -0.346 e. The molecule has 37 heavy (non-hydrogen) atoms. The number of pyridine rings is 1. The van der Waals surface area contributed by atoms with Crippen molar-refractivity contribution in [3.05, 3.63) is 95.9 Å². The highest BCUT2D eigenvalue weighted by Crippen LogP contribution is 2.44. The molecule has 0 saturated heterocycles. The van der Waals surface area contributed by atoms with Gasteiger partial charge in [0.1, 0.15) is 11.5 Å². The summed E-state index contributed by atoms with van der Waals surface area (Å²) in [6, 6.07) is 10.6. The first-order valence-corrected chi connectivity index (χ1v) is 10.9. The fourth-order valence-electron chi connectivity index (χ4n) is 4.08. The van der Waals surface area contributed by atoms with Crippen LogP contribution in [0.4, 0.5) is 30.7 Å². The van der Waals surface area contributed by atoms with Gasteiger partial charge in [-0.15, -0.1) is 0 Å². The fourth-order valence-corrected chi connectivity index (χ4v) is 4.08. The lowest BCUT2D eigenvalue weighted by Gasteiger charge is -2.28. The van der Waals surface area contributed by atoms with Crippen molar-refractivity contribution in [2.24, 2.45) is 5.92 Å². The first-order valence-electron chi connectivity index (χ1n) is 10.9. The van der Waals surface area contributed by atoms with E-state index in [1.54, 1.807) is 41.2 Å². The van der Waals surface area contributed by atoms with E-state index in [0.717, 1.165) is 6.08 Å². The Hall–Kier alpha value is -4.09. The molecule has 2 atom stereocenters. The van der Waals surface area contributed by atoms with Crippen LogP contribution in [0.15, 0.2) is 78.7 Å². The number of aromatic nitrogens is 5. The summed E-state index contributed by atoms with van der Waals surface area (Å²) in [6.07, 6.45) is -4.78. The van der Waals surface area contributed by atoms with Gasteiger partial charge in [0.15, 0.2) is 5.82 Å². The van der Waals surface area contributed by atoms with E-state index in [2.05, 4.69) is 20.2 Å². The molecule has 0 N–H and O–H groups in total. The Morgan fingerprint density at radius 3 is 2.30 bits per heavy atom. The smallest absolute Gasteiger partial charge is 0.346 e. The Labute approximate surface area is 205 Å². The van der Waals surface area contributed by atoms with Crippen LogP contribution in [0, 0.1) is 11.7 Å². The molecule has 12 heteroatoms. The van der Waals surface area contributed by atoms with E-state index in [9.17, 15) is 30.7 Å². The lowest BCUT2D eigenvalue weighted by Crippen LogP contribution is -2.31. The van der Waals surface area contributed by atoms with E-state index in [-0.39, 0.29) is 29.7 Å². The summed E-state index contributed by atoms with van der Waals surface area (Å²) in [6.45, 7) is 0.187. The molecular formula is C25H16F7N5. The number of allylic oxidation sites excluding steroid dienone is 4. The van der Waals surface area contributed by atoms with E-state index in [1.165, 1.54) is 18.2 Å². The third-order valence-corrected chi connectivity index (χ3v) is 5.90. The lowest BCUT2D eigenvalue weighted by atomic mass is 9.82. The molecule has 0 spiro atoms. The number of alkyl halides is 6. The Bertz CT molecular complexity index is 1450. The van der Waals surface area contributed by atoms with E-state index >= 15 is 0 Å². The third-order valence-electron chi connectivity index (χ3n) is 5.90. The van der Waals surface area contributed by atoms with Gasteiger partial charge in [-0.25, -0.2) is 14.4 Å². The molecule has 2 aliphatic heterocycles. The summed E-state index contributed by atoms with van der Waals surface area (Å²) in [7, 11) is 0. The molecule has 5 nitrogen and oxygen atoms in total. The molecule has 190 valence electrons. The van der Waals surface area contributed by atoms with Gasteiger partial charge < -0.3 is 4.57 Å². The van der Waals surface area contributed by atoms with Crippen molar-refractivity contribution >= 4 is 0 Å². The maximum absolute atomic E-state index is 14.1. The minimum atomic E-state index is -4.90. The predicted octanol–water partition coefficient (Wildman–Crippen LogP) is 6.35. The number of imidazole rings is 1. The largest absolute Gasteiger partial charge is 0.416 e. The van der Waals surface area contributed by atoms with Gasteiger partial charge in [-0.1, -0.05) is 30.4 Å². The van der Waals surface area contributed by atoms with Crippen LogP contribution < -0.4 is 0 Å². The number of fused-ring (bicyclic) bond motifs is 1. The summed E-state index contributed by atoms with van der Waals surface area (Å²) in [5, 5.41) is 7.85. The fraction of sp³-hybridized carbons (Fsp3) is 0.200. The molecule has 0 radical (unpaired) electrons. The van der Waals surface area contributed by atoms with Gasteiger partial charge in [0.25, 0.3) is 0 Å². The SMILES string of the molecule is Fc1ccccc1-c1nc2ccn(Cc3ccc(C4C=CC(C(F)(F)F)=CC4C(F)(F)F)nn3)cc-2n1. The Balaban J connectivity index is 1.36. The zero-order valence-corrected chi connectivity index (χ0v) is 18.7. The molecule has 0 fully saturated rings. The zero-order chi connectivity index (χ0) is 26.4. The molecule has 1 aliphatic carbocycles. The van der Waals surface area contributed by atoms with Crippen LogP contribution in [0.25, 0.3) is 22.8 Å². The summed E-state index contributed by atoms with van der Waals surface area (Å²) in [5.74, 6) is -4.04. The predicted molar refractivity (Wildman–Crippen MR) is 119 cm³/mol. The van der Waals surface area contributed by atoms with Gasteiger partial charge in [-0.2, -0.15) is 36.5 Å². The first kappa shape index (κ1) is 24.6. The normalized spacial score (nSPS) is 18.3. The highest BCUT2D eigenvalue weighted by molar-refractivity contribution is 5.65. The van der Waals surface area contributed by atoms with Gasteiger partial charge in [0, 0.05) is 18.3 Å². The van der Waals surface area contributed by atoms with Crippen LogP contribution in [-0.2, 0) is 6.54 Å². The number of rotatable bonds is 4. The van der Waals surface area contributed by atoms with Crippen LogP contribution in [-0.4, -0.2) is 37.1 Å². The second-order valence-corrected chi connectivity index (χ2v) is 8.44. The second kappa shape index (κ2) is 9.09. The average molecular weight is 519 g/mol. The molecule has 1 aromatic carbocycles. The van der Waals surface area contributed by atoms with Gasteiger partial charge in [0.2, 0.25) is 0 Å². The van der Waals surface area contributed by atoms with Gasteiger partial charge in [-0.3, -0.25) is 0 Å². The third kappa shape index (κ3) is 5.09. The lowest BCUT2D eigenvalue weighted by molar-refractivity contribution is -0.165. The molecule has 3 aliphatic rings. The van der Waals surface area contributed by atoms with Gasteiger partial charge in [-0.05, 0) is 30.3 Å². The molecular weight excluding hydrogens is 503 g/mol. The molecule has 0 bridgehead atoms. The number of hydrogen-bond donors (Lipinski definition) is 0. The van der Waals surface area contributed by atoms with Crippen LogP contribution in [0.2, 0.25) is 0 Å². The maximum Gasteiger partial charge on any atom is 0.416 e. The van der Waals surface area contributed by atoms with Gasteiger partial charge >= 0.3 is 12.4 Å². The van der Waals surface area contributed by atoms with Crippen molar-refractivity contribution in [2.45, 2.75) is 24.8 Å².